The van der Waals surface area contributed by atoms with Crippen LogP contribution >= 0.6 is 0 Å². The molecule has 2 rings (SSSR count). The van der Waals surface area contributed by atoms with Crippen LogP contribution < -0.4 is 5.32 Å². The van der Waals surface area contributed by atoms with E-state index in [1.165, 1.54) is 11.3 Å². The van der Waals surface area contributed by atoms with Gasteiger partial charge in [-0.05, 0) is 33.7 Å². The lowest BCUT2D eigenvalue weighted by atomic mass is 10.2. The van der Waals surface area contributed by atoms with Gasteiger partial charge in [0.2, 0.25) is 0 Å². The lowest BCUT2D eigenvalue weighted by Crippen LogP contribution is -2.15. The first-order valence-electron chi connectivity index (χ1n) is 7.41. The minimum atomic E-state index is 0.737. The van der Waals surface area contributed by atoms with Crippen LogP contribution in [0.2, 0.25) is 0 Å². The first-order chi connectivity index (χ1) is 9.67. The highest BCUT2D eigenvalue weighted by molar-refractivity contribution is 5.24. The van der Waals surface area contributed by atoms with Crippen LogP contribution in [-0.2, 0) is 19.6 Å². The molecule has 0 radical (unpaired) electrons. The molecule has 20 heavy (non-hydrogen) atoms. The maximum atomic E-state index is 4.66. The molecule has 0 fully saturated rings. The van der Waals surface area contributed by atoms with E-state index in [1.807, 2.05) is 12.4 Å². The lowest BCUT2D eigenvalue weighted by molar-refractivity contribution is 0.590. The van der Waals surface area contributed by atoms with Crippen molar-refractivity contribution in [2.24, 2.45) is 0 Å². The molecule has 0 spiro atoms. The summed E-state index contributed by atoms with van der Waals surface area (Å²) < 4.78 is 4.22. The van der Waals surface area contributed by atoms with Gasteiger partial charge in [0.15, 0.2) is 0 Å². The quantitative estimate of drug-likeness (QED) is 0.789. The SMILES string of the molecule is CCCNCc1c(C)nn(Cc2nccn2CC)c1C. The molecule has 0 aliphatic carbocycles. The van der Waals surface area contributed by atoms with E-state index >= 15 is 0 Å². The molecule has 0 amide bonds. The van der Waals surface area contributed by atoms with Gasteiger partial charge in [0, 0.05) is 36.7 Å². The predicted molar refractivity (Wildman–Crippen MR) is 80.7 cm³/mol. The topological polar surface area (TPSA) is 47.7 Å². The van der Waals surface area contributed by atoms with E-state index in [4.69, 9.17) is 0 Å². The minimum absolute atomic E-state index is 0.737. The largest absolute Gasteiger partial charge is 0.334 e. The van der Waals surface area contributed by atoms with Gasteiger partial charge in [-0.2, -0.15) is 5.10 Å². The fraction of sp³-hybridized carbons (Fsp3) is 0.600. The van der Waals surface area contributed by atoms with Gasteiger partial charge in [-0.25, -0.2) is 4.98 Å². The van der Waals surface area contributed by atoms with Gasteiger partial charge in [-0.1, -0.05) is 6.92 Å². The second-order valence-corrected chi connectivity index (χ2v) is 5.11. The third-order valence-electron chi connectivity index (χ3n) is 3.69. The summed E-state index contributed by atoms with van der Waals surface area (Å²) in [5.41, 5.74) is 3.66. The first kappa shape index (κ1) is 14.8. The van der Waals surface area contributed by atoms with Crippen molar-refractivity contribution in [3.63, 3.8) is 0 Å². The van der Waals surface area contributed by atoms with Crippen molar-refractivity contribution in [3.05, 3.63) is 35.2 Å². The Kier molecular flexibility index (Phi) is 4.95. The summed E-state index contributed by atoms with van der Waals surface area (Å²) in [6.45, 7) is 12.2. The number of nitrogens with zero attached hydrogens (tertiary/aromatic N) is 4. The maximum Gasteiger partial charge on any atom is 0.130 e. The molecule has 0 bridgehead atoms. The van der Waals surface area contributed by atoms with Gasteiger partial charge in [-0.3, -0.25) is 4.68 Å². The molecule has 2 aromatic heterocycles. The van der Waals surface area contributed by atoms with E-state index < -0.39 is 0 Å². The Labute approximate surface area is 121 Å². The minimum Gasteiger partial charge on any atom is -0.334 e. The summed E-state index contributed by atoms with van der Waals surface area (Å²) in [5, 5.41) is 8.12. The predicted octanol–water partition coefficient (Wildman–Crippen LogP) is 2.26. The van der Waals surface area contributed by atoms with E-state index in [0.29, 0.717) is 0 Å². The number of rotatable bonds is 7. The smallest absolute Gasteiger partial charge is 0.130 e. The molecule has 2 aromatic rings. The molecule has 5 nitrogen and oxygen atoms in total. The second-order valence-electron chi connectivity index (χ2n) is 5.11. The Morgan fingerprint density at radius 1 is 1.25 bits per heavy atom. The highest BCUT2D eigenvalue weighted by atomic mass is 15.3. The van der Waals surface area contributed by atoms with Crippen LogP contribution in [-0.4, -0.2) is 25.9 Å². The standard InChI is InChI=1S/C15H25N5/c1-5-7-16-10-14-12(3)18-20(13(14)4)11-15-17-8-9-19(15)6-2/h8-9,16H,5-7,10-11H2,1-4H3. The normalized spacial score (nSPS) is 11.2. The molecule has 5 heteroatoms. The number of aromatic nitrogens is 4. The second kappa shape index (κ2) is 6.70. The monoisotopic (exact) mass is 275 g/mol. The zero-order valence-electron chi connectivity index (χ0n) is 13.0. The van der Waals surface area contributed by atoms with Gasteiger partial charge < -0.3 is 9.88 Å². The highest BCUT2D eigenvalue weighted by Crippen LogP contribution is 2.14. The summed E-state index contributed by atoms with van der Waals surface area (Å²) in [6.07, 6.45) is 5.03. The van der Waals surface area contributed by atoms with Crippen molar-refractivity contribution in [1.29, 1.82) is 0 Å². The van der Waals surface area contributed by atoms with Gasteiger partial charge in [0.1, 0.15) is 5.82 Å². The van der Waals surface area contributed by atoms with Gasteiger partial charge in [-0.15, -0.1) is 0 Å². The Hall–Kier alpha value is -1.62. The third kappa shape index (κ3) is 3.10. The van der Waals surface area contributed by atoms with Crippen molar-refractivity contribution in [1.82, 2.24) is 24.6 Å². The Morgan fingerprint density at radius 3 is 2.75 bits per heavy atom. The van der Waals surface area contributed by atoms with Crippen molar-refractivity contribution < 1.29 is 0 Å². The highest BCUT2D eigenvalue weighted by Gasteiger charge is 2.12. The molecule has 0 aliphatic heterocycles. The van der Waals surface area contributed by atoms with Gasteiger partial charge >= 0.3 is 0 Å². The summed E-state index contributed by atoms with van der Waals surface area (Å²) >= 11 is 0. The summed E-state index contributed by atoms with van der Waals surface area (Å²) in [6, 6.07) is 0. The average Bonchev–Trinajstić information content (AvgIpc) is 2.98. The van der Waals surface area contributed by atoms with Crippen LogP contribution in [0.4, 0.5) is 0 Å². The molecule has 0 unspecified atom stereocenters. The van der Waals surface area contributed by atoms with Crippen LogP contribution in [0.3, 0.4) is 0 Å². The fourth-order valence-corrected chi connectivity index (χ4v) is 2.45. The molecular formula is C15H25N5. The van der Waals surface area contributed by atoms with Gasteiger partial charge in [0.25, 0.3) is 0 Å². The van der Waals surface area contributed by atoms with E-state index in [9.17, 15) is 0 Å². The van der Waals surface area contributed by atoms with E-state index in [-0.39, 0.29) is 0 Å². The van der Waals surface area contributed by atoms with Crippen molar-refractivity contribution in [2.75, 3.05) is 6.54 Å². The van der Waals surface area contributed by atoms with Crippen LogP contribution in [0, 0.1) is 13.8 Å². The molecule has 1 N–H and O–H groups in total. The first-order valence-corrected chi connectivity index (χ1v) is 7.41. The van der Waals surface area contributed by atoms with Crippen molar-refractivity contribution in [3.8, 4) is 0 Å². The average molecular weight is 275 g/mol. The molecule has 0 aromatic carbocycles. The number of nitrogens with one attached hydrogen (secondary N) is 1. The Bertz CT molecular complexity index is 553. The summed E-state index contributed by atoms with van der Waals surface area (Å²) in [7, 11) is 0. The van der Waals surface area contributed by atoms with E-state index in [1.54, 1.807) is 0 Å². The molecule has 0 saturated carbocycles. The number of aryl methyl sites for hydroxylation is 2. The third-order valence-corrected chi connectivity index (χ3v) is 3.69. The van der Waals surface area contributed by atoms with Crippen molar-refractivity contribution in [2.45, 2.75) is 53.8 Å². The molecule has 2 heterocycles. The summed E-state index contributed by atoms with van der Waals surface area (Å²) in [5.74, 6) is 1.06. The number of hydrogen-bond donors (Lipinski definition) is 1. The Balaban J connectivity index is 2.15. The molecule has 0 atom stereocenters. The summed E-state index contributed by atoms with van der Waals surface area (Å²) in [4.78, 5) is 4.42. The molecule has 0 saturated heterocycles. The van der Waals surface area contributed by atoms with Crippen LogP contribution in [0.1, 0.15) is 43.0 Å². The maximum absolute atomic E-state index is 4.66. The molecular weight excluding hydrogens is 250 g/mol. The zero-order valence-corrected chi connectivity index (χ0v) is 13.0. The molecule has 110 valence electrons. The van der Waals surface area contributed by atoms with Gasteiger partial charge in [0.05, 0.1) is 12.2 Å². The van der Waals surface area contributed by atoms with E-state index in [2.05, 4.69) is 52.3 Å². The fourth-order valence-electron chi connectivity index (χ4n) is 2.45. The van der Waals surface area contributed by atoms with E-state index in [0.717, 1.165) is 44.1 Å². The Morgan fingerprint density at radius 2 is 2.05 bits per heavy atom. The lowest BCUT2D eigenvalue weighted by Gasteiger charge is -2.08. The van der Waals surface area contributed by atoms with Crippen LogP contribution in [0.15, 0.2) is 12.4 Å². The van der Waals surface area contributed by atoms with Crippen molar-refractivity contribution >= 4 is 0 Å². The van der Waals surface area contributed by atoms with Crippen LogP contribution in [0.25, 0.3) is 0 Å². The zero-order chi connectivity index (χ0) is 14.5. The number of hydrogen-bond acceptors (Lipinski definition) is 3. The molecule has 0 aliphatic rings. The van der Waals surface area contributed by atoms with Crippen LogP contribution in [0.5, 0.6) is 0 Å². The number of imidazole rings is 1.